The summed E-state index contributed by atoms with van der Waals surface area (Å²) in [7, 11) is 0. The summed E-state index contributed by atoms with van der Waals surface area (Å²) in [6, 6.07) is 0. The van der Waals surface area contributed by atoms with Gasteiger partial charge in [0, 0.05) is 0 Å². The van der Waals surface area contributed by atoms with E-state index in [1.165, 1.54) is 0 Å². The average molecular weight is 233 g/mol. The monoisotopic (exact) mass is 233 g/mol. The normalized spacial score (nSPS) is 46.4. The van der Waals surface area contributed by atoms with E-state index in [4.69, 9.17) is 14.2 Å². The standard InChI is InChI=1S/C9H15NO6/c1-4-6-7(16-9(2,3)15-6)5(11)8(14-4)10(12)13/h4-8,11H,1-3H3/t4-,5-,6+,7-,8?/m0/s1. The number of hydrogen-bond acceptors (Lipinski definition) is 6. The lowest BCUT2D eigenvalue weighted by Crippen LogP contribution is -2.57. The van der Waals surface area contributed by atoms with Crippen molar-refractivity contribution in [2.75, 3.05) is 0 Å². The first-order valence-electron chi connectivity index (χ1n) is 5.14. The second-order valence-corrected chi connectivity index (χ2v) is 4.57. The number of fused-ring (bicyclic) bond motifs is 1. The third-order valence-corrected chi connectivity index (χ3v) is 2.82. The second-order valence-electron chi connectivity index (χ2n) is 4.57. The van der Waals surface area contributed by atoms with Gasteiger partial charge < -0.3 is 19.3 Å². The quantitative estimate of drug-likeness (QED) is 0.502. The Morgan fingerprint density at radius 2 is 1.88 bits per heavy atom. The summed E-state index contributed by atoms with van der Waals surface area (Å²) in [5.41, 5.74) is 0. The molecule has 7 heteroatoms. The molecule has 0 bridgehead atoms. The number of hydrogen-bond donors (Lipinski definition) is 1. The van der Waals surface area contributed by atoms with Gasteiger partial charge in [-0.15, -0.1) is 0 Å². The zero-order valence-electron chi connectivity index (χ0n) is 9.32. The molecule has 0 aromatic carbocycles. The van der Waals surface area contributed by atoms with E-state index < -0.39 is 41.4 Å². The number of rotatable bonds is 1. The number of nitro groups is 1. The van der Waals surface area contributed by atoms with Crippen molar-refractivity contribution in [2.45, 2.75) is 57.2 Å². The zero-order chi connectivity index (χ0) is 12.1. The smallest absolute Gasteiger partial charge is 0.344 e. The van der Waals surface area contributed by atoms with E-state index in [1.807, 2.05) is 0 Å². The van der Waals surface area contributed by atoms with Gasteiger partial charge in [0.15, 0.2) is 11.9 Å². The largest absolute Gasteiger partial charge is 0.381 e. The molecular weight excluding hydrogens is 218 g/mol. The van der Waals surface area contributed by atoms with Crippen LogP contribution in [0.5, 0.6) is 0 Å². The molecule has 2 aliphatic rings. The molecule has 0 aromatic heterocycles. The zero-order valence-corrected chi connectivity index (χ0v) is 9.32. The van der Waals surface area contributed by atoms with Crippen molar-refractivity contribution >= 4 is 0 Å². The van der Waals surface area contributed by atoms with E-state index in [2.05, 4.69) is 0 Å². The van der Waals surface area contributed by atoms with E-state index in [9.17, 15) is 15.2 Å². The van der Waals surface area contributed by atoms with Crippen LogP contribution in [-0.4, -0.2) is 46.5 Å². The molecule has 1 N–H and O–H groups in total. The molecule has 16 heavy (non-hydrogen) atoms. The molecule has 0 saturated carbocycles. The molecule has 2 fully saturated rings. The van der Waals surface area contributed by atoms with Crippen LogP contribution in [0.25, 0.3) is 0 Å². The molecule has 0 aliphatic carbocycles. The van der Waals surface area contributed by atoms with Crippen molar-refractivity contribution in [3.63, 3.8) is 0 Å². The highest BCUT2D eigenvalue weighted by atomic mass is 16.8. The van der Waals surface area contributed by atoms with Gasteiger partial charge in [0.25, 0.3) is 0 Å². The number of nitrogens with zero attached hydrogens (tertiary/aromatic N) is 1. The van der Waals surface area contributed by atoms with Crippen LogP contribution in [0, 0.1) is 10.1 Å². The third-order valence-electron chi connectivity index (χ3n) is 2.82. The molecule has 0 radical (unpaired) electrons. The highest BCUT2D eigenvalue weighted by molar-refractivity contribution is 4.94. The van der Waals surface area contributed by atoms with Crippen molar-refractivity contribution in [3.8, 4) is 0 Å². The fourth-order valence-electron chi connectivity index (χ4n) is 2.16. The summed E-state index contributed by atoms with van der Waals surface area (Å²) >= 11 is 0. The lowest BCUT2D eigenvalue weighted by molar-refractivity contribution is -0.601. The lowest BCUT2D eigenvalue weighted by atomic mass is 9.99. The van der Waals surface area contributed by atoms with Crippen LogP contribution >= 0.6 is 0 Å². The first-order chi connectivity index (χ1) is 7.32. The Hall–Kier alpha value is -0.760. The molecular formula is C9H15NO6. The predicted molar refractivity (Wildman–Crippen MR) is 51.2 cm³/mol. The fraction of sp³-hybridized carbons (Fsp3) is 1.00. The van der Waals surface area contributed by atoms with Gasteiger partial charge in [0.2, 0.25) is 0 Å². The molecule has 1 unspecified atom stereocenters. The first kappa shape index (κ1) is 11.7. The minimum absolute atomic E-state index is 0.471. The van der Waals surface area contributed by atoms with Crippen LogP contribution in [0.1, 0.15) is 20.8 Å². The van der Waals surface area contributed by atoms with Crippen LogP contribution in [0.15, 0.2) is 0 Å². The molecule has 0 amide bonds. The molecule has 2 rings (SSSR count). The molecule has 0 aromatic rings. The minimum Gasteiger partial charge on any atom is -0.381 e. The Morgan fingerprint density at radius 1 is 1.31 bits per heavy atom. The van der Waals surface area contributed by atoms with E-state index in [0.29, 0.717) is 0 Å². The predicted octanol–water partition coefficient (Wildman–Crippen LogP) is -0.111. The van der Waals surface area contributed by atoms with Crippen molar-refractivity contribution in [1.82, 2.24) is 0 Å². The SMILES string of the molecule is C[C@@H]1OC([N+](=O)[O-])[C@@H](O)[C@@H]2OC(C)(C)O[C@@H]21. The molecule has 7 nitrogen and oxygen atoms in total. The third kappa shape index (κ3) is 1.80. The van der Waals surface area contributed by atoms with Crippen molar-refractivity contribution in [1.29, 1.82) is 0 Å². The number of aliphatic hydroxyl groups excluding tert-OH is 1. The Kier molecular flexibility index (Phi) is 2.66. The summed E-state index contributed by atoms with van der Waals surface area (Å²) in [6.07, 6.45) is -4.42. The average Bonchev–Trinajstić information content (AvgIpc) is 2.48. The van der Waals surface area contributed by atoms with Crippen LogP contribution in [-0.2, 0) is 14.2 Å². The molecule has 92 valence electrons. The Bertz CT molecular complexity index is 306. The van der Waals surface area contributed by atoms with Crippen LogP contribution in [0.2, 0.25) is 0 Å². The summed E-state index contributed by atoms with van der Waals surface area (Å²) < 4.78 is 16.1. The summed E-state index contributed by atoms with van der Waals surface area (Å²) in [5.74, 6) is -0.848. The van der Waals surface area contributed by atoms with Crippen LogP contribution in [0.4, 0.5) is 0 Å². The molecule has 2 heterocycles. The topological polar surface area (TPSA) is 91.1 Å². The maximum Gasteiger partial charge on any atom is 0.344 e. The van der Waals surface area contributed by atoms with Gasteiger partial charge >= 0.3 is 6.23 Å². The maximum absolute atomic E-state index is 10.7. The van der Waals surface area contributed by atoms with Gasteiger partial charge in [-0.25, -0.2) is 0 Å². The molecule has 2 aliphatic heterocycles. The lowest BCUT2D eigenvalue weighted by Gasteiger charge is -2.33. The summed E-state index contributed by atoms with van der Waals surface area (Å²) in [4.78, 5) is 10.0. The highest BCUT2D eigenvalue weighted by Crippen LogP contribution is 2.37. The number of aliphatic hydroxyl groups is 1. The van der Waals surface area contributed by atoms with Crippen LogP contribution < -0.4 is 0 Å². The summed E-state index contributed by atoms with van der Waals surface area (Å²) in [5, 5.41) is 20.5. The highest BCUT2D eigenvalue weighted by Gasteiger charge is 2.57. The van der Waals surface area contributed by atoms with Crippen LogP contribution in [0.3, 0.4) is 0 Å². The van der Waals surface area contributed by atoms with Gasteiger partial charge in [0.05, 0.1) is 11.0 Å². The minimum atomic E-state index is -1.45. The maximum atomic E-state index is 10.7. The molecule has 0 spiro atoms. The van der Waals surface area contributed by atoms with Gasteiger partial charge in [0.1, 0.15) is 12.2 Å². The van der Waals surface area contributed by atoms with E-state index in [1.54, 1.807) is 20.8 Å². The van der Waals surface area contributed by atoms with Crippen molar-refractivity contribution in [3.05, 3.63) is 10.1 Å². The molecule has 5 atom stereocenters. The van der Waals surface area contributed by atoms with Crippen molar-refractivity contribution in [2.24, 2.45) is 0 Å². The Balaban J connectivity index is 2.21. The van der Waals surface area contributed by atoms with E-state index in [-0.39, 0.29) is 0 Å². The Labute approximate surface area is 92.4 Å². The van der Waals surface area contributed by atoms with Gasteiger partial charge in [-0.1, -0.05) is 0 Å². The van der Waals surface area contributed by atoms with Gasteiger partial charge in [-0.05, 0) is 20.8 Å². The summed E-state index contributed by atoms with van der Waals surface area (Å²) in [6.45, 7) is 5.07. The van der Waals surface area contributed by atoms with E-state index >= 15 is 0 Å². The molecule has 2 saturated heterocycles. The van der Waals surface area contributed by atoms with Crippen molar-refractivity contribution < 1.29 is 24.2 Å². The number of ether oxygens (including phenoxy) is 3. The second kappa shape index (κ2) is 3.63. The van der Waals surface area contributed by atoms with E-state index in [0.717, 1.165) is 0 Å². The van der Waals surface area contributed by atoms with Gasteiger partial charge in [-0.3, -0.25) is 10.1 Å². The van der Waals surface area contributed by atoms with Gasteiger partial charge in [-0.2, -0.15) is 0 Å². The Morgan fingerprint density at radius 3 is 2.44 bits per heavy atom. The fourth-order valence-corrected chi connectivity index (χ4v) is 2.16. The first-order valence-corrected chi connectivity index (χ1v) is 5.14.